The zero-order valence-corrected chi connectivity index (χ0v) is 40.6. The average Bonchev–Trinajstić information content (AvgIpc) is 3.25. The third-order valence-electron chi connectivity index (χ3n) is 11.2. The van der Waals surface area contributed by atoms with Crippen LogP contribution in [0.1, 0.15) is 85.1 Å². The van der Waals surface area contributed by atoms with E-state index in [1.165, 1.54) is 31.2 Å². The van der Waals surface area contributed by atoms with Gasteiger partial charge >= 0.3 is 0 Å². The van der Waals surface area contributed by atoms with Crippen LogP contribution in [0, 0.1) is 11.8 Å². The maximum absolute atomic E-state index is 14.1. The van der Waals surface area contributed by atoms with Crippen molar-refractivity contribution in [3.05, 3.63) is 29.8 Å². The molecule has 1 heterocycles. The van der Waals surface area contributed by atoms with Crippen molar-refractivity contribution in [3.63, 3.8) is 0 Å². The Balaban J connectivity index is 2.66. The lowest BCUT2D eigenvalue weighted by molar-refractivity contribution is -0.140. The maximum atomic E-state index is 14.1. The number of primary amides is 3. The van der Waals surface area contributed by atoms with Gasteiger partial charge in [-0.15, -0.1) is 0 Å². The molecule has 1 aliphatic rings. The van der Waals surface area contributed by atoms with E-state index in [0.29, 0.717) is 12.0 Å². The molecule has 1 fully saturated rings. The number of carbonyl (C=O) groups excluding carboxylic acids is 10. The molecule has 15 N–H and O–H groups in total. The SMILES string of the molecule is CC[C@H](C)[C@@H]1NC(=O)[C@@H](Cc2ccc(O)cc2)NC(O)CCS(=O)(=O)CC[C@@H](C(=O)N(C)CC(=O)N[C@@](C)(CC(C)C)C(=O)NCC(N)=O)NC(=O)[C@H](CC(N)=O)NC(=O)[C@H](CCC(N)=O)NC1=O. The van der Waals surface area contributed by atoms with Gasteiger partial charge in [-0.05, 0) is 62.1 Å². The normalized spacial score (nSPS) is 23.3. The van der Waals surface area contributed by atoms with E-state index in [2.05, 4.69) is 37.2 Å². The Morgan fingerprint density at radius 3 is 1.97 bits per heavy atom. The maximum Gasteiger partial charge on any atom is 0.245 e. The number of likely N-dealkylation sites (N-methyl/N-ethyl adjacent to an activating group) is 1. The van der Waals surface area contributed by atoms with Gasteiger partial charge < -0.3 is 64.2 Å². The monoisotopic (exact) mass is 995 g/mol. The minimum Gasteiger partial charge on any atom is -0.508 e. The van der Waals surface area contributed by atoms with E-state index in [0.717, 1.165) is 11.9 Å². The van der Waals surface area contributed by atoms with Crippen LogP contribution >= 0.6 is 0 Å². The molecule has 25 nitrogen and oxygen atoms in total. The number of aromatic hydroxyl groups is 1. The zero-order chi connectivity index (χ0) is 52.4. The fourth-order valence-corrected chi connectivity index (χ4v) is 8.75. The van der Waals surface area contributed by atoms with Gasteiger partial charge in [0.25, 0.3) is 0 Å². The Morgan fingerprint density at radius 2 is 1.41 bits per heavy atom. The Kier molecular flexibility index (Phi) is 22.9. The van der Waals surface area contributed by atoms with E-state index in [-0.39, 0.29) is 24.5 Å². The van der Waals surface area contributed by atoms with Crippen molar-refractivity contribution in [2.24, 2.45) is 29.0 Å². The highest BCUT2D eigenvalue weighted by molar-refractivity contribution is 7.91. The van der Waals surface area contributed by atoms with Crippen LogP contribution in [0.3, 0.4) is 0 Å². The van der Waals surface area contributed by atoms with Crippen LogP contribution in [0.25, 0.3) is 0 Å². The molecule has 26 heteroatoms. The van der Waals surface area contributed by atoms with E-state index >= 15 is 0 Å². The van der Waals surface area contributed by atoms with Gasteiger partial charge in [0.05, 0.1) is 37.1 Å². The standard InChI is InChI=1S/C43H69N11O14S/c1-7-24(4)36-40(64)49-27(12-13-31(44)56)37(61)51-30(19-32(45)57)38(62)50-28(41(65)54(6)22-35(60)53-43(5,20-23(2)3)42(66)47-21-33(46)58)14-16-69(67,68)17-15-34(59)48-29(39(63)52-36)18-25-8-10-26(55)11-9-25/h8-11,23-24,27-30,34,36,48,55,59H,7,12-22H2,1-6H3,(H2,44,56)(H2,45,57)(H2,46,58)(H,47,66)(H,49,64)(H,50,62)(H,51,61)(H,52,63)(H,53,60)/t24-,27-,28-,29+,30-,34?,36-,43-/m0/s1. The molecule has 8 atom stereocenters. The van der Waals surface area contributed by atoms with Crippen LogP contribution in [0.4, 0.5) is 0 Å². The summed E-state index contributed by atoms with van der Waals surface area (Å²) in [6.07, 6.45) is -4.38. The summed E-state index contributed by atoms with van der Waals surface area (Å²) in [4.78, 5) is 133. The fraction of sp³-hybridized carbons (Fsp3) is 0.628. The Bertz CT molecular complexity index is 2140. The number of hydrogen-bond donors (Lipinski definition) is 12. The summed E-state index contributed by atoms with van der Waals surface area (Å²) in [6.45, 7) is 6.97. The van der Waals surface area contributed by atoms with Gasteiger partial charge in [-0.2, -0.15) is 0 Å². The second-order valence-corrected chi connectivity index (χ2v) is 20.2. The molecule has 0 aliphatic carbocycles. The first-order valence-corrected chi connectivity index (χ1v) is 24.2. The van der Waals surface area contributed by atoms with Crippen LogP contribution in [0.5, 0.6) is 5.75 Å². The third-order valence-corrected chi connectivity index (χ3v) is 12.9. The minimum atomic E-state index is -4.22. The number of phenolic OH excluding ortho intramolecular Hbond substituents is 1. The summed E-state index contributed by atoms with van der Waals surface area (Å²) >= 11 is 0. The van der Waals surface area contributed by atoms with Crippen molar-refractivity contribution >= 4 is 68.9 Å². The number of nitrogens with one attached hydrogen (secondary N) is 7. The van der Waals surface area contributed by atoms with E-state index in [4.69, 9.17) is 17.2 Å². The van der Waals surface area contributed by atoms with Gasteiger partial charge in [0.15, 0.2) is 9.84 Å². The predicted octanol–water partition coefficient (Wildman–Crippen LogP) is -4.47. The van der Waals surface area contributed by atoms with Gasteiger partial charge in [-0.1, -0.05) is 46.2 Å². The van der Waals surface area contributed by atoms with E-state index in [9.17, 15) is 66.6 Å². The number of amides is 10. The lowest BCUT2D eigenvalue weighted by atomic mass is 9.89. The first-order chi connectivity index (χ1) is 32.1. The number of aliphatic hydroxyl groups excluding tert-OH is 1. The van der Waals surface area contributed by atoms with Crippen LogP contribution in [0.15, 0.2) is 24.3 Å². The molecule has 0 bridgehead atoms. The van der Waals surface area contributed by atoms with Gasteiger partial charge in [0, 0.05) is 19.9 Å². The van der Waals surface area contributed by atoms with Crippen LogP contribution in [-0.4, -0.2) is 156 Å². The number of nitrogens with two attached hydrogens (primary N) is 3. The largest absolute Gasteiger partial charge is 0.508 e. The first kappa shape index (κ1) is 58.7. The number of hydrogen-bond acceptors (Lipinski definition) is 15. The molecule has 0 aromatic heterocycles. The number of aliphatic hydroxyl groups is 1. The number of rotatable bonds is 18. The van der Waals surface area contributed by atoms with Gasteiger partial charge in [0.1, 0.15) is 41.7 Å². The van der Waals surface area contributed by atoms with E-state index in [1.807, 2.05) is 0 Å². The molecule has 69 heavy (non-hydrogen) atoms. The highest BCUT2D eigenvalue weighted by Crippen LogP contribution is 2.18. The number of nitrogens with zero attached hydrogens (tertiary/aromatic N) is 1. The molecule has 1 aliphatic heterocycles. The third kappa shape index (κ3) is 20.4. The molecule has 0 saturated carbocycles. The highest BCUT2D eigenvalue weighted by atomic mass is 32.2. The van der Waals surface area contributed by atoms with Gasteiger partial charge in [-0.25, -0.2) is 8.42 Å². The molecule has 1 aromatic rings. The fourth-order valence-electron chi connectivity index (χ4n) is 7.37. The average molecular weight is 996 g/mol. The topological polar surface area (TPSA) is 411 Å². The van der Waals surface area contributed by atoms with Crippen molar-refractivity contribution in [2.75, 3.05) is 31.6 Å². The van der Waals surface area contributed by atoms with Gasteiger partial charge in [0.2, 0.25) is 59.1 Å². The second-order valence-electron chi connectivity index (χ2n) is 17.9. The summed E-state index contributed by atoms with van der Waals surface area (Å²) in [5, 5.41) is 38.3. The van der Waals surface area contributed by atoms with Crippen LogP contribution in [0.2, 0.25) is 0 Å². The van der Waals surface area contributed by atoms with Gasteiger partial charge in [-0.3, -0.25) is 53.3 Å². The van der Waals surface area contributed by atoms with Crippen molar-refractivity contribution < 1.29 is 66.6 Å². The summed E-state index contributed by atoms with van der Waals surface area (Å²) in [6, 6.07) is -2.27. The number of benzene rings is 1. The van der Waals surface area contributed by atoms with Crippen molar-refractivity contribution in [1.82, 2.24) is 42.1 Å². The quantitative estimate of drug-likeness (QED) is 0.0660. The molecular formula is C43H69N11O14S. The lowest BCUT2D eigenvalue weighted by Gasteiger charge is -2.32. The first-order valence-electron chi connectivity index (χ1n) is 22.4. The predicted molar refractivity (Wildman–Crippen MR) is 248 cm³/mol. The number of sulfone groups is 1. The smallest absolute Gasteiger partial charge is 0.245 e. The second kappa shape index (κ2) is 27.0. The minimum absolute atomic E-state index is 0.0759. The molecule has 386 valence electrons. The summed E-state index contributed by atoms with van der Waals surface area (Å²) in [5.41, 5.74) is 14.9. The zero-order valence-electron chi connectivity index (χ0n) is 39.8. The Labute approximate surface area is 400 Å². The van der Waals surface area contributed by atoms with Crippen molar-refractivity contribution in [2.45, 2.75) is 128 Å². The van der Waals surface area contributed by atoms with Crippen molar-refractivity contribution in [1.29, 1.82) is 0 Å². The molecule has 10 amide bonds. The summed E-state index contributed by atoms with van der Waals surface area (Å²) in [5.74, 6) is -12.0. The molecule has 1 unspecified atom stereocenters. The molecular weight excluding hydrogens is 927 g/mol. The van der Waals surface area contributed by atoms with E-state index in [1.54, 1.807) is 27.7 Å². The Morgan fingerprint density at radius 1 is 0.826 bits per heavy atom. The molecule has 1 saturated heterocycles. The number of carbonyl (C=O) groups is 10. The van der Waals surface area contributed by atoms with Crippen LogP contribution < -0.4 is 54.4 Å². The Hall–Kier alpha value is -6.41. The van der Waals surface area contributed by atoms with E-state index < -0.39 is 174 Å². The number of phenols is 1. The summed E-state index contributed by atoms with van der Waals surface area (Å²) < 4.78 is 27.1. The summed E-state index contributed by atoms with van der Waals surface area (Å²) in [7, 11) is -3.08. The molecule has 0 radical (unpaired) electrons. The molecule has 1 aromatic carbocycles. The van der Waals surface area contributed by atoms with Crippen LogP contribution in [-0.2, 0) is 64.2 Å². The molecule has 0 spiro atoms. The highest BCUT2D eigenvalue weighted by Gasteiger charge is 2.38. The molecule has 2 rings (SSSR count). The van der Waals surface area contributed by atoms with Crippen molar-refractivity contribution in [3.8, 4) is 5.75 Å². The lowest BCUT2D eigenvalue weighted by Crippen LogP contribution is -2.61.